The van der Waals surface area contributed by atoms with Gasteiger partial charge in [0.25, 0.3) is 0 Å². The van der Waals surface area contributed by atoms with E-state index in [0.717, 1.165) is 24.8 Å². The van der Waals surface area contributed by atoms with Crippen LogP contribution in [0.4, 0.5) is 0 Å². The zero-order chi connectivity index (χ0) is 11.6. The molecule has 0 N–H and O–H groups in total. The van der Waals surface area contributed by atoms with Crippen molar-refractivity contribution in [3.63, 3.8) is 0 Å². The first-order valence-corrected chi connectivity index (χ1v) is 7.17. The fraction of sp³-hybridized carbons (Fsp3) is 0.500. The van der Waals surface area contributed by atoms with Gasteiger partial charge in [-0.05, 0) is 37.0 Å². The van der Waals surface area contributed by atoms with E-state index in [1.807, 2.05) is 19.1 Å². The van der Waals surface area contributed by atoms with Crippen molar-refractivity contribution in [3.8, 4) is 0 Å². The number of hydrogen-bond acceptors (Lipinski definition) is 2. The molecular weight excluding hydrogens is 222 g/mol. The van der Waals surface area contributed by atoms with Crippen molar-refractivity contribution in [2.75, 3.05) is 13.1 Å². The number of aryl methyl sites for hydroxylation is 1. The highest BCUT2D eigenvalue weighted by Gasteiger charge is 2.26. The van der Waals surface area contributed by atoms with Crippen molar-refractivity contribution in [2.24, 2.45) is 0 Å². The maximum atomic E-state index is 12.2. The Morgan fingerprint density at radius 1 is 1.25 bits per heavy atom. The SMILES string of the molecule is CCc1cccc(S(=O)(=O)N2CCCC2)c1. The molecule has 0 bridgehead atoms. The Labute approximate surface area is 97.1 Å². The largest absolute Gasteiger partial charge is 0.243 e. The second kappa shape index (κ2) is 4.55. The van der Waals surface area contributed by atoms with E-state index < -0.39 is 10.0 Å². The monoisotopic (exact) mass is 239 g/mol. The third kappa shape index (κ3) is 2.13. The molecule has 0 aliphatic carbocycles. The molecule has 16 heavy (non-hydrogen) atoms. The first-order chi connectivity index (χ1) is 7.64. The Hall–Kier alpha value is -0.870. The number of hydrogen-bond donors (Lipinski definition) is 0. The summed E-state index contributed by atoms with van der Waals surface area (Å²) in [6, 6.07) is 7.26. The topological polar surface area (TPSA) is 37.4 Å². The Balaban J connectivity index is 2.34. The van der Waals surface area contributed by atoms with E-state index in [-0.39, 0.29) is 0 Å². The molecule has 3 nitrogen and oxygen atoms in total. The predicted octanol–water partition coefficient (Wildman–Crippen LogP) is 2.03. The van der Waals surface area contributed by atoms with Crippen LogP contribution in [-0.4, -0.2) is 25.8 Å². The van der Waals surface area contributed by atoms with Gasteiger partial charge in [0, 0.05) is 13.1 Å². The van der Waals surface area contributed by atoms with Crippen LogP contribution < -0.4 is 0 Å². The van der Waals surface area contributed by atoms with Crippen molar-refractivity contribution < 1.29 is 8.42 Å². The zero-order valence-electron chi connectivity index (χ0n) is 9.52. The van der Waals surface area contributed by atoms with Crippen LogP contribution in [0.2, 0.25) is 0 Å². The Bertz CT molecular complexity index is 462. The molecule has 0 atom stereocenters. The van der Waals surface area contributed by atoms with Crippen LogP contribution in [0.5, 0.6) is 0 Å². The van der Waals surface area contributed by atoms with Crippen molar-refractivity contribution in [2.45, 2.75) is 31.1 Å². The van der Waals surface area contributed by atoms with Gasteiger partial charge in [0.1, 0.15) is 0 Å². The molecule has 1 heterocycles. The van der Waals surface area contributed by atoms with Gasteiger partial charge in [-0.25, -0.2) is 8.42 Å². The number of nitrogens with zero attached hydrogens (tertiary/aromatic N) is 1. The third-order valence-corrected chi connectivity index (χ3v) is 4.90. The van der Waals surface area contributed by atoms with Crippen LogP contribution in [-0.2, 0) is 16.4 Å². The predicted molar refractivity (Wildman–Crippen MR) is 63.8 cm³/mol. The summed E-state index contributed by atoms with van der Waals surface area (Å²) in [5.41, 5.74) is 1.07. The summed E-state index contributed by atoms with van der Waals surface area (Å²) in [6.07, 6.45) is 2.82. The lowest BCUT2D eigenvalue weighted by Crippen LogP contribution is -2.27. The van der Waals surface area contributed by atoms with Crippen LogP contribution in [0.1, 0.15) is 25.3 Å². The molecule has 0 aromatic heterocycles. The summed E-state index contributed by atoms with van der Waals surface area (Å²) in [5, 5.41) is 0. The highest BCUT2D eigenvalue weighted by atomic mass is 32.2. The van der Waals surface area contributed by atoms with Crippen LogP contribution in [0.15, 0.2) is 29.2 Å². The molecule has 0 radical (unpaired) electrons. The standard InChI is InChI=1S/C12H17NO2S/c1-2-11-6-5-7-12(10-11)16(14,15)13-8-3-4-9-13/h5-7,10H,2-4,8-9H2,1H3. The Morgan fingerprint density at radius 3 is 2.56 bits per heavy atom. The van der Waals surface area contributed by atoms with Gasteiger partial charge in [-0.2, -0.15) is 4.31 Å². The molecule has 0 spiro atoms. The summed E-state index contributed by atoms with van der Waals surface area (Å²) in [5.74, 6) is 0. The summed E-state index contributed by atoms with van der Waals surface area (Å²) in [6.45, 7) is 3.36. The normalized spacial score (nSPS) is 17.8. The molecule has 1 fully saturated rings. The lowest BCUT2D eigenvalue weighted by molar-refractivity contribution is 0.477. The van der Waals surface area contributed by atoms with E-state index in [2.05, 4.69) is 0 Å². The molecule has 1 aliphatic rings. The molecule has 0 amide bonds. The van der Waals surface area contributed by atoms with Crippen molar-refractivity contribution in [1.29, 1.82) is 0 Å². The molecule has 88 valence electrons. The molecule has 1 aromatic rings. The van der Waals surface area contributed by atoms with E-state index in [0.29, 0.717) is 18.0 Å². The van der Waals surface area contributed by atoms with E-state index in [4.69, 9.17) is 0 Å². The van der Waals surface area contributed by atoms with Gasteiger partial charge < -0.3 is 0 Å². The van der Waals surface area contributed by atoms with Gasteiger partial charge in [-0.1, -0.05) is 19.1 Å². The van der Waals surface area contributed by atoms with Gasteiger partial charge in [0.15, 0.2) is 0 Å². The van der Waals surface area contributed by atoms with Gasteiger partial charge in [0.2, 0.25) is 10.0 Å². The molecule has 1 aromatic carbocycles. The summed E-state index contributed by atoms with van der Waals surface area (Å²) >= 11 is 0. The van der Waals surface area contributed by atoms with E-state index >= 15 is 0 Å². The van der Waals surface area contributed by atoms with E-state index in [1.54, 1.807) is 16.4 Å². The van der Waals surface area contributed by atoms with Crippen LogP contribution in [0, 0.1) is 0 Å². The van der Waals surface area contributed by atoms with Gasteiger partial charge in [-0.15, -0.1) is 0 Å². The highest BCUT2D eigenvalue weighted by Crippen LogP contribution is 2.21. The number of sulfonamides is 1. The van der Waals surface area contributed by atoms with Crippen molar-refractivity contribution >= 4 is 10.0 Å². The average molecular weight is 239 g/mol. The minimum Gasteiger partial charge on any atom is -0.207 e. The minimum atomic E-state index is -3.24. The third-order valence-electron chi connectivity index (χ3n) is 3.01. The minimum absolute atomic E-state index is 0.439. The fourth-order valence-corrected chi connectivity index (χ4v) is 3.59. The summed E-state index contributed by atoms with van der Waals surface area (Å²) in [7, 11) is -3.24. The second-order valence-electron chi connectivity index (χ2n) is 4.11. The van der Waals surface area contributed by atoms with Gasteiger partial charge in [-0.3, -0.25) is 0 Å². The molecule has 2 rings (SSSR count). The Morgan fingerprint density at radius 2 is 1.94 bits per heavy atom. The molecular formula is C12H17NO2S. The van der Waals surface area contributed by atoms with Crippen molar-refractivity contribution in [1.82, 2.24) is 4.31 Å². The van der Waals surface area contributed by atoms with Crippen LogP contribution in [0.25, 0.3) is 0 Å². The van der Waals surface area contributed by atoms with Gasteiger partial charge >= 0.3 is 0 Å². The molecule has 1 saturated heterocycles. The summed E-state index contributed by atoms with van der Waals surface area (Å²) < 4.78 is 26.0. The number of benzene rings is 1. The lowest BCUT2D eigenvalue weighted by Gasteiger charge is -2.15. The first kappa shape index (κ1) is 11.6. The maximum Gasteiger partial charge on any atom is 0.243 e. The molecule has 0 saturated carbocycles. The number of rotatable bonds is 3. The summed E-state index contributed by atoms with van der Waals surface area (Å²) in [4.78, 5) is 0.439. The van der Waals surface area contributed by atoms with Crippen LogP contribution >= 0.6 is 0 Å². The fourth-order valence-electron chi connectivity index (χ4n) is 2.00. The maximum absolute atomic E-state index is 12.2. The van der Waals surface area contributed by atoms with E-state index in [9.17, 15) is 8.42 Å². The second-order valence-corrected chi connectivity index (χ2v) is 6.05. The lowest BCUT2D eigenvalue weighted by atomic mass is 10.2. The first-order valence-electron chi connectivity index (χ1n) is 5.73. The molecule has 1 aliphatic heterocycles. The van der Waals surface area contributed by atoms with E-state index in [1.165, 1.54) is 0 Å². The zero-order valence-corrected chi connectivity index (χ0v) is 10.3. The average Bonchev–Trinajstić information content (AvgIpc) is 2.83. The smallest absolute Gasteiger partial charge is 0.207 e. The Kier molecular flexibility index (Phi) is 3.30. The van der Waals surface area contributed by atoms with Gasteiger partial charge in [0.05, 0.1) is 4.90 Å². The highest BCUT2D eigenvalue weighted by molar-refractivity contribution is 7.89. The molecule has 0 unspecified atom stereocenters. The molecule has 4 heteroatoms. The quantitative estimate of drug-likeness (QED) is 0.809. The van der Waals surface area contributed by atoms with Crippen molar-refractivity contribution in [3.05, 3.63) is 29.8 Å². The van der Waals surface area contributed by atoms with Crippen LogP contribution in [0.3, 0.4) is 0 Å².